The number of hydroxylamine groups is 1. The molecular formula is C29H27ClF8N2O7S. The molecule has 48 heavy (non-hydrogen) atoms. The van der Waals surface area contributed by atoms with E-state index in [1.807, 2.05) is 4.90 Å². The Morgan fingerprint density at radius 3 is 2.17 bits per heavy atom. The monoisotopic (exact) mass is 734 g/mol. The van der Waals surface area contributed by atoms with Gasteiger partial charge in [0.1, 0.15) is 29.6 Å². The first-order valence-electron chi connectivity index (χ1n) is 14.5. The van der Waals surface area contributed by atoms with Gasteiger partial charge < -0.3 is 14.3 Å². The first-order chi connectivity index (χ1) is 22.3. The Kier molecular flexibility index (Phi) is 9.84. The SMILES string of the molecule is O=C(c1cc(C2CC2)c(OCC2(F)CCN(Cc3ccc(OC(F)(F)F)c(Cl)c3)CC2)cc1F)N(OC(=O)C(F)(F)F)S(=O)(=O)C1CC1. The summed E-state index contributed by atoms with van der Waals surface area (Å²) >= 11 is 5.91. The number of carbonyl (C=O) groups excluding carboxylic acids is 2. The van der Waals surface area contributed by atoms with Crippen LogP contribution in [0.15, 0.2) is 30.3 Å². The van der Waals surface area contributed by atoms with Crippen molar-refractivity contribution in [3.05, 3.63) is 57.9 Å². The molecule has 2 aliphatic carbocycles. The van der Waals surface area contributed by atoms with E-state index in [0.717, 1.165) is 12.1 Å². The van der Waals surface area contributed by atoms with Crippen LogP contribution in [0.5, 0.6) is 11.5 Å². The fourth-order valence-electron chi connectivity index (χ4n) is 5.08. The second-order valence-corrected chi connectivity index (χ2v) is 14.3. The van der Waals surface area contributed by atoms with Crippen molar-refractivity contribution in [3.63, 3.8) is 0 Å². The normalized spacial score (nSPS) is 18.7. The van der Waals surface area contributed by atoms with Crippen LogP contribution in [-0.2, 0) is 26.2 Å². The molecular weight excluding hydrogens is 708 g/mol. The van der Waals surface area contributed by atoms with Crippen molar-refractivity contribution < 1.29 is 67.4 Å². The van der Waals surface area contributed by atoms with E-state index in [-0.39, 0.29) is 67.6 Å². The van der Waals surface area contributed by atoms with Crippen LogP contribution in [0.1, 0.15) is 65.9 Å². The molecule has 19 heteroatoms. The fraction of sp³-hybridized carbons (Fsp3) is 0.517. The van der Waals surface area contributed by atoms with Crippen LogP contribution in [0.25, 0.3) is 0 Å². The summed E-state index contributed by atoms with van der Waals surface area (Å²) in [4.78, 5) is 30.4. The van der Waals surface area contributed by atoms with E-state index in [9.17, 15) is 44.3 Å². The number of alkyl halides is 7. The third-order valence-electron chi connectivity index (χ3n) is 7.95. The van der Waals surface area contributed by atoms with Crippen LogP contribution in [0.2, 0.25) is 5.02 Å². The van der Waals surface area contributed by atoms with E-state index in [2.05, 4.69) is 9.57 Å². The molecule has 0 unspecified atom stereocenters. The summed E-state index contributed by atoms with van der Waals surface area (Å²) in [6.45, 7) is 0.157. The molecule has 264 valence electrons. The molecule has 3 aliphatic rings. The van der Waals surface area contributed by atoms with Gasteiger partial charge in [-0.3, -0.25) is 9.69 Å². The number of carbonyl (C=O) groups is 2. The number of nitrogens with zero attached hydrogens (tertiary/aromatic N) is 2. The Morgan fingerprint density at radius 2 is 1.62 bits per heavy atom. The Morgan fingerprint density at radius 1 is 0.979 bits per heavy atom. The number of piperidine rings is 1. The maximum Gasteiger partial charge on any atom is 0.573 e. The number of benzene rings is 2. The highest BCUT2D eigenvalue weighted by molar-refractivity contribution is 7.90. The van der Waals surface area contributed by atoms with E-state index in [1.54, 1.807) is 0 Å². The standard InChI is InChI=1S/C29H27ClF8N2O7S/c30-21-11-16(1-6-23(21)46-29(36,37)38)14-39-9-7-27(32,8-10-39)15-45-24-13-22(31)20(12-19(24)17-2-3-17)25(41)40(47-26(42)28(33,34)35)48(43,44)18-4-5-18/h1,6,11-13,17-18H,2-5,7-10,14-15H2. The van der Waals surface area contributed by atoms with E-state index >= 15 is 8.78 Å². The van der Waals surface area contributed by atoms with Crippen molar-refractivity contribution in [3.8, 4) is 11.5 Å². The second-order valence-electron chi connectivity index (χ2n) is 11.8. The summed E-state index contributed by atoms with van der Waals surface area (Å²) in [5.41, 5.74) is -2.11. The fourth-order valence-corrected chi connectivity index (χ4v) is 6.83. The lowest BCUT2D eigenvalue weighted by molar-refractivity contribution is -0.274. The minimum absolute atomic E-state index is 0.0107. The number of ether oxygens (including phenoxy) is 2. The number of likely N-dealkylation sites (tertiary alicyclic amines) is 1. The summed E-state index contributed by atoms with van der Waals surface area (Å²) < 4.78 is 141. The first-order valence-corrected chi connectivity index (χ1v) is 16.4. The average Bonchev–Trinajstić information content (AvgIpc) is 3.89. The second kappa shape index (κ2) is 13.2. The van der Waals surface area contributed by atoms with E-state index in [0.29, 0.717) is 24.5 Å². The van der Waals surface area contributed by atoms with Gasteiger partial charge in [-0.25, -0.2) is 22.0 Å². The van der Waals surface area contributed by atoms with Gasteiger partial charge in [0.15, 0.2) is 0 Å². The summed E-state index contributed by atoms with van der Waals surface area (Å²) in [6.07, 6.45) is -9.56. The number of hydrogen-bond acceptors (Lipinski definition) is 8. The summed E-state index contributed by atoms with van der Waals surface area (Å²) in [5.74, 6) is -7.23. The topological polar surface area (TPSA) is 102 Å². The zero-order valence-electron chi connectivity index (χ0n) is 24.7. The minimum Gasteiger partial charge on any atom is -0.490 e. The van der Waals surface area contributed by atoms with Gasteiger partial charge in [0, 0.05) is 25.7 Å². The third-order valence-corrected chi connectivity index (χ3v) is 10.3. The van der Waals surface area contributed by atoms with Gasteiger partial charge in [-0.05, 0) is 73.8 Å². The van der Waals surface area contributed by atoms with E-state index < -0.39 is 73.6 Å². The lowest BCUT2D eigenvalue weighted by Gasteiger charge is -2.36. The first kappa shape index (κ1) is 35.9. The number of sulfonamides is 1. The molecule has 9 nitrogen and oxygen atoms in total. The van der Waals surface area contributed by atoms with Gasteiger partial charge >= 0.3 is 24.4 Å². The number of hydrogen-bond donors (Lipinski definition) is 0. The van der Waals surface area contributed by atoms with Crippen molar-refractivity contribution in [1.82, 2.24) is 9.37 Å². The average molecular weight is 735 g/mol. The predicted octanol–water partition coefficient (Wildman–Crippen LogP) is 6.59. The highest BCUT2D eigenvalue weighted by atomic mass is 35.5. The molecule has 1 amide bonds. The van der Waals surface area contributed by atoms with Crippen molar-refractivity contribution in [2.24, 2.45) is 0 Å². The zero-order valence-corrected chi connectivity index (χ0v) is 26.2. The summed E-state index contributed by atoms with van der Waals surface area (Å²) in [7, 11) is -4.91. The molecule has 0 radical (unpaired) electrons. The lowest BCUT2D eigenvalue weighted by atomic mass is 9.93. The van der Waals surface area contributed by atoms with E-state index in [4.69, 9.17) is 16.3 Å². The number of rotatable bonds is 10. The molecule has 2 aromatic rings. The minimum atomic E-state index is -5.65. The highest BCUT2D eigenvalue weighted by Crippen LogP contribution is 2.46. The van der Waals surface area contributed by atoms with Crippen LogP contribution < -0.4 is 9.47 Å². The Bertz CT molecular complexity index is 1670. The van der Waals surface area contributed by atoms with Gasteiger partial charge in [0.05, 0.1) is 15.8 Å². The predicted molar refractivity (Wildman–Crippen MR) is 151 cm³/mol. The Hall–Kier alpha value is -3.38. The quantitative estimate of drug-likeness (QED) is 0.199. The largest absolute Gasteiger partial charge is 0.573 e. The molecule has 0 spiro atoms. The molecule has 0 N–H and O–H groups in total. The van der Waals surface area contributed by atoms with Gasteiger partial charge in [0.2, 0.25) is 0 Å². The number of amides is 1. The molecule has 0 aromatic heterocycles. The Labute approximate surface area is 273 Å². The molecule has 3 fully saturated rings. The lowest BCUT2D eigenvalue weighted by Crippen LogP contribution is -2.44. The van der Waals surface area contributed by atoms with Crippen LogP contribution in [-0.4, -0.2) is 72.8 Å². The molecule has 1 heterocycles. The smallest absolute Gasteiger partial charge is 0.490 e. The molecule has 2 saturated carbocycles. The van der Waals surface area contributed by atoms with Crippen molar-refractivity contribution >= 4 is 33.5 Å². The molecule has 1 aliphatic heterocycles. The molecule has 0 atom stereocenters. The van der Waals surface area contributed by atoms with Crippen LogP contribution in [0, 0.1) is 5.82 Å². The molecule has 5 rings (SSSR count). The molecule has 0 bridgehead atoms. The summed E-state index contributed by atoms with van der Waals surface area (Å²) in [5, 5.41) is -1.54. The van der Waals surface area contributed by atoms with Crippen LogP contribution >= 0.6 is 11.6 Å². The van der Waals surface area contributed by atoms with Gasteiger partial charge in [0.25, 0.3) is 10.0 Å². The van der Waals surface area contributed by atoms with Crippen molar-refractivity contribution in [2.75, 3.05) is 19.7 Å². The zero-order chi connectivity index (χ0) is 35.2. The highest BCUT2D eigenvalue weighted by Gasteiger charge is 2.50. The van der Waals surface area contributed by atoms with Crippen LogP contribution in [0.4, 0.5) is 35.1 Å². The molecule has 1 saturated heterocycles. The number of halogens is 9. The van der Waals surface area contributed by atoms with Gasteiger partial charge in [-0.15, -0.1) is 13.2 Å². The van der Waals surface area contributed by atoms with Crippen molar-refractivity contribution in [1.29, 1.82) is 0 Å². The van der Waals surface area contributed by atoms with Gasteiger partial charge in [-0.1, -0.05) is 22.1 Å². The van der Waals surface area contributed by atoms with Gasteiger partial charge in [-0.2, -0.15) is 13.2 Å². The maximum atomic E-state index is 15.8. The van der Waals surface area contributed by atoms with Crippen LogP contribution in [0.3, 0.4) is 0 Å². The maximum absolute atomic E-state index is 15.8. The Balaban J connectivity index is 1.25. The molecule has 2 aromatic carbocycles. The third kappa shape index (κ3) is 8.61. The summed E-state index contributed by atoms with van der Waals surface area (Å²) in [6, 6.07) is 5.41. The van der Waals surface area contributed by atoms with Crippen molar-refractivity contribution in [2.45, 2.75) is 74.4 Å². The van der Waals surface area contributed by atoms with E-state index in [1.165, 1.54) is 12.1 Å².